The van der Waals surface area contributed by atoms with Crippen LogP contribution in [-0.2, 0) is 0 Å². The standard InChI is InChI=1S/C12H11N5O2/c13-12-2-1-7(5-14-12)9-3-8-6-15-16-10(8)4-11(9)17(18)19/h1-6,17-18H,(H2,13,14)(H,15,16). The zero-order valence-electron chi connectivity index (χ0n) is 9.79. The zero-order chi connectivity index (χ0) is 13.4. The summed E-state index contributed by atoms with van der Waals surface area (Å²) in [5, 5.41) is 27.1. The summed E-state index contributed by atoms with van der Waals surface area (Å²) in [5.41, 5.74) is 7.71. The zero-order valence-corrected chi connectivity index (χ0v) is 9.79. The molecule has 7 heteroatoms. The number of pyridine rings is 1. The minimum atomic E-state index is -0.997. The highest BCUT2D eigenvalue weighted by Gasteiger charge is 2.14. The Bertz CT molecular complexity index is 721. The number of nitrogen functional groups attached to an aromatic ring is 1. The third-order valence-electron chi connectivity index (χ3n) is 2.91. The number of nitrogens with one attached hydrogen (secondary N) is 2. The van der Waals surface area contributed by atoms with E-state index >= 15 is 0 Å². The van der Waals surface area contributed by atoms with Crippen molar-refractivity contribution in [3.05, 3.63) is 41.9 Å². The Hall–Kier alpha value is -2.48. The normalized spacial score (nSPS) is 12.7. The Labute approximate surface area is 107 Å². The molecule has 0 bridgehead atoms. The first-order valence-electron chi connectivity index (χ1n) is 5.57. The van der Waals surface area contributed by atoms with Gasteiger partial charge in [0, 0.05) is 28.8 Å². The Morgan fingerprint density at radius 2 is 2.11 bits per heavy atom. The molecule has 2 aromatic heterocycles. The molecule has 7 nitrogen and oxygen atoms in total. The van der Waals surface area contributed by atoms with Gasteiger partial charge in [-0.15, -0.1) is 0 Å². The highest BCUT2D eigenvalue weighted by atomic mass is 16.8. The maximum atomic E-state index is 11.3. The predicted octanol–water partition coefficient (Wildman–Crippen LogP) is 0.611. The topological polar surface area (TPSA) is 115 Å². The van der Waals surface area contributed by atoms with Crippen LogP contribution in [0.15, 0.2) is 36.7 Å². The van der Waals surface area contributed by atoms with Gasteiger partial charge in [0.05, 0.1) is 11.7 Å². The maximum absolute atomic E-state index is 11.3. The van der Waals surface area contributed by atoms with Crippen LogP contribution in [0.5, 0.6) is 0 Å². The fourth-order valence-corrected chi connectivity index (χ4v) is 1.97. The molecule has 5 N–H and O–H groups in total. The van der Waals surface area contributed by atoms with Crippen LogP contribution < -0.4 is 11.0 Å². The van der Waals surface area contributed by atoms with Gasteiger partial charge in [0.15, 0.2) is 5.69 Å². The van der Waals surface area contributed by atoms with Gasteiger partial charge < -0.3 is 10.9 Å². The average molecular weight is 257 g/mol. The van der Waals surface area contributed by atoms with Crippen LogP contribution in [0.25, 0.3) is 22.0 Å². The van der Waals surface area contributed by atoms with Crippen molar-refractivity contribution in [1.29, 1.82) is 0 Å². The summed E-state index contributed by atoms with van der Waals surface area (Å²) in [5.74, 6) is 0.394. The Morgan fingerprint density at radius 1 is 1.26 bits per heavy atom. The van der Waals surface area contributed by atoms with E-state index in [0.717, 1.165) is 5.39 Å². The summed E-state index contributed by atoms with van der Waals surface area (Å²) in [6.07, 6.45) is 3.21. The van der Waals surface area contributed by atoms with E-state index in [1.807, 2.05) is 0 Å². The van der Waals surface area contributed by atoms with Gasteiger partial charge in [0.25, 0.3) is 0 Å². The molecule has 2 heterocycles. The van der Waals surface area contributed by atoms with Crippen LogP contribution in [-0.4, -0.2) is 20.4 Å². The summed E-state index contributed by atoms with van der Waals surface area (Å²) >= 11 is 0. The lowest BCUT2D eigenvalue weighted by Crippen LogP contribution is -2.99. The van der Waals surface area contributed by atoms with Gasteiger partial charge in [0.2, 0.25) is 0 Å². The average Bonchev–Trinajstić information content (AvgIpc) is 2.85. The molecular weight excluding hydrogens is 246 g/mol. The first-order valence-corrected chi connectivity index (χ1v) is 5.57. The van der Waals surface area contributed by atoms with Crippen molar-refractivity contribution >= 4 is 22.4 Å². The largest absolute Gasteiger partial charge is 0.595 e. The molecule has 0 aliphatic heterocycles. The molecule has 0 radical (unpaired) electrons. The van der Waals surface area contributed by atoms with Crippen LogP contribution in [0.2, 0.25) is 0 Å². The number of fused-ring (bicyclic) bond motifs is 1. The third kappa shape index (κ3) is 2.02. The molecule has 0 saturated carbocycles. The summed E-state index contributed by atoms with van der Waals surface area (Å²) < 4.78 is 0. The van der Waals surface area contributed by atoms with Crippen molar-refractivity contribution in [3.8, 4) is 11.1 Å². The van der Waals surface area contributed by atoms with Gasteiger partial charge in [0.1, 0.15) is 5.82 Å². The van der Waals surface area contributed by atoms with Crippen molar-refractivity contribution in [1.82, 2.24) is 15.2 Å². The Balaban J connectivity index is 2.25. The molecule has 0 amide bonds. The number of nitrogens with zero attached hydrogens (tertiary/aromatic N) is 2. The van der Waals surface area contributed by atoms with Crippen LogP contribution in [0, 0.1) is 5.21 Å². The number of H-pyrrole nitrogens is 1. The summed E-state index contributed by atoms with van der Waals surface area (Å²) in [6, 6.07) is 6.72. The molecule has 96 valence electrons. The minimum absolute atomic E-state index is 0.198. The van der Waals surface area contributed by atoms with Gasteiger partial charge in [-0.1, -0.05) is 0 Å². The SMILES string of the molecule is Nc1ccc(-c2cc3cn[nH]c3cc2[NH+]([O-])O)cn1. The smallest absolute Gasteiger partial charge is 0.173 e. The van der Waals surface area contributed by atoms with E-state index in [4.69, 9.17) is 5.73 Å². The van der Waals surface area contributed by atoms with Crippen molar-refractivity contribution in [2.24, 2.45) is 0 Å². The lowest BCUT2D eigenvalue weighted by atomic mass is 10.0. The van der Waals surface area contributed by atoms with Crippen LogP contribution >= 0.6 is 0 Å². The van der Waals surface area contributed by atoms with Gasteiger partial charge in [-0.05, 0) is 18.2 Å². The molecule has 19 heavy (non-hydrogen) atoms. The van der Waals surface area contributed by atoms with Crippen LogP contribution in [0.1, 0.15) is 0 Å². The number of anilines is 1. The number of hydrogen-bond acceptors (Lipinski definition) is 5. The van der Waals surface area contributed by atoms with E-state index in [1.54, 1.807) is 36.7 Å². The van der Waals surface area contributed by atoms with E-state index in [1.165, 1.54) is 0 Å². The van der Waals surface area contributed by atoms with Gasteiger partial charge >= 0.3 is 0 Å². The number of rotatable bonds is 2. The first-order chi connectivity index (χ1) is 9.15. The molecule has 1 atom stereocenters. The van der Waals surface area contributed by atoms with Crippen molar-refractivity contribution in [2.75, 3.05) is 5.73 Å². The lowest BCUT2D eigenvalue weighted by Gasteiger charge is -2.15. The Kier molecular flexibility index (Phi) is 2.64. The second-order valence-corrected chi connectivity index (χ2v) is 4.13. The molecule has 3 rings (SSSR count). The summed E-state index contributed by atoms with van der Waals surface area (Å²) in [6.45, 7) is 0. The number of nitrogens with two attached hydrogens (primary N) is 1. The summed E-state index contributed by atoms with van der Waals surface area (Å²) in [4.78, 5) is 3.99. The quantitative estimate of drug-likeness (QED) is 0.502. The van der Waals surface area contributed by atoms with Crippen molar-refractivity contribution < 1.29 is 10.4 Å². The number of aromatic amines is 1. The highest BCUT2D eigenvalue weighted by Crippen LogP contribution is 2.29. The lowest BCUT2D eigenvalue weighted by molar-refractivity contribution is -0.991. The number of quaternary nitrogens is 1. The van der Waals surface area contributed by atoms with Crippen LogP contribution in [0.4, 0.5) is 11.5 Å². The predicted molar refractivity (Wildman–Crippen MR) is 69.5 cm³/mol. The molecule has 0 aliphatic carbocycles. The summed E-state index contributed by atoms with van der Waals surface area (Å²) in [7, 11) is 0. The van der Waals surface area contributed by atoms with E-state index < -0.39 is 5.23 Å². The third-order valence-corrected chi connectivity index (χ3v) is 2.91. The molecule has 0 saturated heterocycles. The fraction of sp³-hybridized carbons (Fsp3) is 0. The fourth-order valence-electron chi connectivity index (χ4n) is 1.97. The molecule has 0 spiro atoms. The molecular formula is C12H11N5O2. The molecule has 0 aliphatic rings. The van der Waals surface area contributed by atoms with E-state index in [-0.39, 0.29) is 5.69 Å². The van der Waals surface area contributed by atoms with Gasteiger partial charge in [-0.3, -0.25) is 5.10 Å². The highest BCUT2D eigenvalue weighted by molar-refractivity contribution is 5.89. The first kappa shape index (κ1) is 11.6. The maximum Gasteiger partial charge on any atom is 0.173 e. The van der Waals surface area contributed by atoms with E-state index in [2.05, 4.69) is 15.2 Å². The van der Waals surface area contributed by atoms with Crippen molar-refractivity contribution in [2.45, 2.75) is 0 Å². The van der Waals surface area contributed by atoms with E-state index in [0.29, 0.717) is 22.5 Å². The minimum Gasteiger partial charge on any atom is -0.595 e. The number of aromatic nitrogens is 3. The molecule has 1 unspecified atom stereocenters. The second kappa shape index (κ2) is 4.32. The number of hydrogen-bond donors (Lipinski definition) is 4. The van der Waals surface area contributed by atoms with Crippen molar-refractivity contribution in [3.63, 3.8) is 0 Å². The van der Waals surface area contributed by atoms with Crippen LogP contribution in [0.3, 0.4) is 0 Å². The molecule has 0 fully saturated rings. The van der Waals surface area contributed by atoms with Gasteiger partial charge in [-0.25, -0.2) is 10.2 Å². The molecule has 3 aromatic rings. The molecule has 1 aromatic carbocycles. The Morgan fingerprint density at radius 3 is 2.79 bits per heavy atom. The number of benzene rings is 1. The second-order valence-electron chi connectivity index (χ2n) is 4.13. The monoisotopic (exact) mass is 257 g/mol. The van der Waals surface area contributed by atoms with E-state index in [9.17, 15) is 10.4 Å². The van der Waals surface area contributed by atoms with Gasteiger partial charge in [-0.2, -0.15) is 10.3 Å².